The van der Waals surface area contributed by atoms with Gasteiger partial charge < -0.3 is 20.3 Å². The van der Waals surface area contributed by atoms with Crippen LogP contribution in [0.25, 0.3) is 0 Å². The highest BCUT2D eigenvalue weighted by molar-refractivity contribution is 5.74. The molecule has 1 aliphatic heterocycles. The third kappa shape index (κ3) is 3.13. The molecule has 2 amide bonds. The second-order valence-corrected chi connectivity index (χ2v) is 4.48. The SMILES string of the molecule is CN(Cc1cccc(N)c1)C(=O)N1CCOCC1. The van der Waals surface area contributed by atoms with Crippen LogP contribution in [-0.4, -0.2) is 49.2 Å². The second kappa shape index (κ2) is 5.73. The fraction of sp³-hybridized carbons (Fsp3) is 0.462. The molecule has 0 spiro atoms. The van der Waals surface area contributed by atoms with E-state index in [9.17, 15) is 4.79 Å². The summed E-state index contributed by atoms with van der Waals surface area (Å²) in [7, 11) is 1.81. The topological polar surface area (TPSA) is 58.8 Å². The number of anilines is 1. The van der Waals surface area contributed by atoms with Crippen molar-refractivity contribution in [3.8, 4) is 0 Å². The third-order valence-electron chi connectivity index (χ3n) is 2.98. The number of amides is 2. The first kappa shape index (κ1) is 12.7. The summed E-state index contributed by atoms with van der Waals surface area (Å²) in [4.78, 5) is 15.7. The lowest BCUT2D eigenvalue weighted by atomic mass is 10.2. The molecule has 0 aromatic heterocycles. The van der Waals surface area contributed by atoms with Gasteiger partial charge in [0.25, 0.3) is 0 Å². The predicted octanol–water partition coefficient (Wildman–Crippen LogP) is 1.15. The molecular formula is C13H19N3O2. The van der Waals surface area contributed by atoms with Crippen LogP contribution in [-0.2, 0) is 11.3 Å². The Morgan fingerprint density at radius 1 is 1.44 bits per heavy atom. The Bertz CT molecular complexity index is 416. The molecule has 1 aliphatic rings. The van der Waals surface area contributed by atoms with E-state index in [0.29, 0.717) is 32.8 Å². The summed E-state index contributed by atoms with van der Waals surface area (Å²) >= 11 is 0. The first-order valence-corrected chi connectivity index (χ1v) is 6.09. The van der Waals surface area contributed by atoms with Crippen LogP contribution in [0.15, 0.2) is 24.3 Å². The van der Waals surface area contributed by atoms with Gasteiger partial charge >= 0.3 is 6.03 Å². The molecule has 1 aromatic carbocycles. The highest BCUT2D eigenvalue weighted by Gasteiger charge is 2.20. The molecule has 5 nitrogen and oxygen atoms in total. The maximum absolute atomic E-state index is 12.2. The van der Waals surface area contributed by atoms with Crippen LogP contribution >= 0.6 is 0 Å². The lowest BCUT2D eigenvalue weighted by Crippen LogP contribution is -2.46. The van der Waals surface area contributed by atoms with Crippen molar-refractivity contribution < 1.29 is 9.53 Å². The zero-order valence-corrected chi connectivity index (χ0v) is 10.6. The molecule has 0 aliphatic carbocycles. The van der Waals surface area contributed by atoms with Gasteiger partial charge in [-0.1, -0.05) is 12.1 Å². The molecule has 0 bridgehead atoms. The number of morpholine rings is 1. The summed E-state index contributed by atoms with van der Waals surface area (Å²) in [6, 6.07) is 7.65. The Morgan fingerprint density at radius 2 is 2.17 bits per heavy atom. The van der Waals surface area contributed by atoms with Crippen molar-refractivity contribution in [3.05, 3.63) is 29.8 Å². The smallest absolute Gasteiger partial charge is 0.320 e. The zero-order chi connectivity index (χ0) is 13.0. The second-order valence-electron chi connectivity index (χ2n) is 4.48. The van der Waals surface area contributed by atoms with Gasteiger partial charge in [0.05, 0.1) is 13.2 Å². The number of benzene rings is 1. The van der Waals surface area contributed by atoms with E-state index in [4.69, 9.17) is 10.5 Å². The van der Waals surface area contributed by atoms with Crippen molar-refractivity contribution >= 4 is 11.7 Å². The minimum Gasteiger partial charge on any atom is -0.399 e. The van der Waals surface area contributed by atoms with Gasteiger partial charge in [-0.2, -0.15) is 0 Å². The lowest BCUT2D eigenvalue weighted by molar-refractivity contribution is 0.0448. The van der Waals surface area contributed by atoms with Crippen LogP contribution in [0.5, 0.6) is 0 Å². The lowest BCUT2D eigenvalue weighted by Gasteiger charge is -2.31. The van der Waals surface area contributed by atoms with E-state index in [1.165, 1.54) is 0 Å². The number of nitrogen functional groups attached to an aromatic ring is 1. The molecule has 0 saturated carbocycles. The van der Waals surface area contributed by atoms with Crippen molar-refractivity contribution in [2.45, 2.75) is 6.54 Å². The van der Waals surface area contributed by atoms with E-state index in [0.717, 1.165) is 11.3 Å². The fourth-order valence-corrected chi connectivity index (χ4v) is 2.03. The van der Waals surface area contributed by atoms with E-state index in [1.54, 1.807) is 11.9 Å². The number of carbonyl (C=O) groups is 1. The average molecular weight is 249 g/mol. The molecule has 0 unspecified atom stereocenters. The molecule has 5 heteroatoms. The quantitative estimate of drug-likeness (QED) is 0.800. The first-order chi connectivity index (χ1) is 8.66. The zero-order valence-electron chi connectivity index (χ0n) is 10.6. The minimum absolute atomic E-state index is 0.0423. The Balaban J connectivity index is 1.94. The van der Waals surface area contributed by atoms with E-state index in [-0.39, 0.29) is 6.03 Å². The maximum atomic E-state index is 12.2. The molecule has 98 valence electrons. The molecule has 1 saturated heterocycles. The fourth-order valence-electron chi connectivity index (χ4n) is 2.03. The van der Waals surface area contributed by atoms with E-state index < -0.39 is 0 Å². The molecule has 0 atom stereocenters. The van der Waals surface area contributed by atoms with Gasteiger partial charge in [-0.25, -0.2) is 4.79 Å². The van der Waals surface area contributed by atoms with Crippen LogP contribution in [0.1, 0.15) is 5.56 Å². The number of urea groups is 1. The molecule has 0 radical (unpaired) electrons. The number of hydrogen-bond acceptors (Lipinski definition) is 3. The van der Waals surface area contributed by atoms with Gasteiger partial charge in [0.15, 0.2) is 0 Å². The monoisotopic (exact) mass is 249 g/mol. The van der Waals surface area contributed by atoms with Crippen LogP contribution in [0.2, 0.25) is 0 Å². The summed E-state index contributed by atoms with van der Waals surface area (Å²) in [5, 5.41) is 0. The van der Waals surface area contributed by atoms with Gasteiger partial charge in [0.2, 0.25) is 0 Å². The number of carbonyl (C=O) groups excluding carboxylic acids is 1. The van der Waals surface area contributed by atoms with Crippen LogP contribution < -0.4 is 5.73 Å². The van der Waals surface area contributed by atoms with E-state index >= 15 is 0 Å². The minimum atomic E-state index is 0.0423. The van der Waals surface area contributed by atoms with Crippen LogP contribution in [0, 0.1) is 0 Å². The highest BCUT2D eigenvalue weighted by Crippen LogP contribution is 2.10. The molecular weight excluding hydrogens is 230 g/mol. The van der Waals surface area contributed by atoms with E-state index in [1.807, 2.05) is 29.2 Å². The Kier molecular flexibility index (Phi) is 4.04. The number of ether oxygens (including phenoxy) is 1. The van der Waals surface area contributed by atoms with Gasteiger partial charge in [-0.15, -0.1) is 0 Å². The largest absolute Gasteiger partial charge is 0.399 e. The number of nitrogens with two attached hydrogens (primary N) is 1. The summed E-state index contributed by atoms with van der Waals surface area (Å²) in [6.07, 6.45) is 0. The molecule has 2 N–H and O–H groups in total. The Hall–Kier alpha value is -1.75. The molecule has 1 fully saturated rings. The summed E-state index contributed by atoms with van der Waals surface area (Å²) in [5.74, 6) is 0. The normalized spacial score (nSPS) is 15.5. The van der Waals surface area contributed by atoms with Crippen molar-refractivity contribution in [2.75, 3.05) is 39.1 Å². The van der Waals surface area contributed by atoms with Gasteiger partial charge in [-0.05, 0) is 17.7 Å². The molecule has 1 heterocycles. The van der Waals surface area contributed by atoms with Crippen LogP contribution in [0.4, 0.5) is 10.5 Å². The maximum Gasteiger partial charge on any atom is 0.320 e. The average Bonchev–Trinajstić information content (AvgIpc) is 2.39. The van der Waals surface area contributed by atoms with Crippen molar-refractivity contribution in [1.82, 2.24) is 9.80 Å². The summed E-state index contributed by atoms with van der Waals surface area (Å²) < 4.78 is 5.23. The molecule has 2 rings (SSSR count). The number of rotatable bonds is 2. The van der Waals surface area contributed by atoms with Crippen molar-refractivity contribution in [2.24, 2.45) is 0 Å². The third-order valence-corrected chi connectivity index (χ3v) is 2.98. The first-order valence-electron chi connectivity index (χ1n) is 6.09. The van der Waals surface area contributed by atoms with Gasteiger partial charge in [0, 0.05) is 32.4 Å². The van der Waals surface area contributed by atoms with Crippen molar-refractivity contribution in [1.29, 1.82) is 0 Å². The predicted molar refractivity (Wildman–Crippen MR) is 70.1 cm³/mol. The molecule has 18 heavy (non-hydrogen) atoms. The Labute approximate surface area is 107 Å². The highest BCUT2D eigenvalue weighted by atomic mass is 16.5. The van der Waals surface area contributed by atoms with Crippen LogP contribution in [0.3, 0.4) is 0 Å². The van der Waals surface area contributed by atoms with Gasteiger partial charge in [0.1, 0.15) is 0 Å². The summed E-state index contributed by atoms with van der Waals surface area (Å²) in [6.45, 7) is 3.15. The molecule has 1 aromatic rings. The standard InChI is InChI=1S/C13H19N3O2/c1-15(10-11-3-2-4-12(14)9-11)13(17)16-5-7-18-8-6-16/h2-4,9H,5-8,10,14H2,1H3. The van der Waals surface area contributed by atoms with Gasteiger partial charge in [-0.3, -0.25) is 0 Å². The summed E-state index contributed by atoms with van der Waals surface area (Å²) in [5.41, 5.74) is 7.49. The number of nitrogens with zero attached hydrogens (tertiary/aromatic N) is 2. The Morgan fingerprint density at radius 3 is 2.83 bits per heavy atom. The van der Waals surface area contributed by atoms with Crippen molar-refractivity contribution in [3.63, 3.8) is 0 Å². The van der Waals surface area contributed by atoms with E-state index in [2.05, 4.69) is 0 Å². The number of hydrogen-bond donors (Lipinski definition) is 1.